The Balaban J connectivity index is 1.64. The molecule has 0 saturated heterocycles. The third kappa shape index (κ3) is 3.71. The molecule has 2 heterocycles. The van der Waals surface area contributed by atoms with Crippen molar-refractivity contribution in [2.75, 3.05) is 18.8 Å². The predicted molar refractivity (Wildman–Crippen MR) is 116 cm³/mol. The SMILES string of the molecule is Cn1c(=O)c(C(=O)CN2CCc3ccccc3C2)c(N)n(Cc2ccccc2)c1=O. The summed E-state index contributed by atoms with van der Waals surface area (Å²) in [5.74, 6) is -0.441. The van der Waals surface area contributed by atoms with Gasteiger partial charge in [0.25, 0.3) is 5.56 Å². The molecule has 1 aliphatic heterocycles. The number of rotatable bonds is 5. The normalized spacial score (nSPS) is 13.8. The molecule has 154 valence electrons. The molecule has 3 aromatic rings. The van der Waals surface area contributed by atoms with Crippen molar-refractivity contribution in [3.63, 3.8) is 0 Å². The summed E-state index contributed by atoms with van der Waals surface area (Å²) in [7, 11) is 1.37. The number of aromatic nitrogens is 2. The molecular weight excluding hydrogens is 380 g/mol. The van der Waals surface area contributed by atoms with Gasteiger partial charge < -0.3 is 5.73 Å². The van der Waals surface area contributed by atoms with E-state index in [1.807, 2.05) is 47.4 Å². The second-order valence-electron chi connectivity index (χ2n) is 7.63. The molecule has 1 aliphatic rings. The number of ketones is 1. The molecule has 2 aromatic carbocycles. The maximum absolute atomic E-state index is 13.1. The summed E-state index contributed by atoms with van der Waals surface area (Å²) in [6.07, 6.45) is 0.852. The lowest BCUT2D eigenvalue weighted by Crippen LogP contribution is -2.44. The van der Waals surface area contributed by atoms with Gasteiger partial charge in [0.1, 0.15) is 11.4 Å². The first-order chi connectivity index (χ1) is 14.5. The van der Waals surface area contributed by atoms with Gasteiger partial charge in [0.2, 0.25) is 0 Å². The number of Topliss-reactive ketones (excluding diaryl/α,β-unsaturated/α-hetero) is 1. The van der Waals surface area contributed by atoms with Crippen LogP contribution in [0, 0.1) is 0 Å². The maximum atomic E-state index is 13.1. The van der Waals surface area contributed by atoms with E-state index in [1.54, 1.807) is 0 Å². The van der Waals surface area contributed by atoms with Gasteiger partial charge >= 0.3 is 5.69 Å². The van der Waals surface area contributed by atoms with Gasteiger partial charge in [-0.3, -0.25) is 23.6 Å². The maximum Gasteiger partial charge on any atom is 0.332 e. The molecule has 2 N–H and O–H groups in total. The van der Waals surface area contributed by atoms with Gasteiger partial charge in [-0.15, -0.1) is 0 Å². The molecule has 7 nitrogen and oxygen atoms in total. The van der Waals surface area contributed by atoms with Crippen molar-refractivity contribution in [3.05, 3.63) is 97.7 Å². The van der Waals surface area contributed by atoms with E-state index in [0.29, 0.717) is 6.54 Å². The lowest BCUT2D eigenvalue weighted by atomic mass is 9.99. The fraction of sp³-hybridized carbons (Fsp3) is 0.261. The van der Waals surface area contributed by atoms with Gasteiger partial charge in [-0.05, 0) is 23.1 Å². The summed E-state index contributed by atoms with van der Waals surface area (Å²) in [5.41, 5.74) is 8.22. The van der Waals surface area contributed by atoms with E-state index in [0.717, 1.165) is 23.1 Å². The lowest BCUT2D eigenvalue weighted by Gasteiger charge is -2.28. The van der Waals surface area contributed by atoms with Crippen LogP contribution in [0.2, 0.25) is 0 Å². The third-order valence-corrected chi connectivity index (χ3v) is 5.62. The smallest absolute Gasteiger partial charge is 0.332 e. The van der Waals surface area contributed by atoms with Crippen LogP contribution in [0.15, 0.2) is 64.2 Å². The molecule has 4 rings (SSSR count). The van der Waals surface area contributed by atoms with E-state index in [2.05, 4.69) is 12.1 Å². The number of nitrogens with zero attached hydrogens (tertiary/aromatic N) is 3. The zero-order valence-corrected chi connectivity index (χ0v) is 16.9. The Labute approximate surface area is 174 Å². The number of carbonyl (C=O) groups is 1. The van der Waals surface area contributed by atoms with Gasteiger partial charge in [-0.25, -0.2) is 4.79 Å². The number of fused-ring (bicyclic) bond motifs is 1. The molecule has 0 spiro atoms. The number of nitrogens with two attached hydrogens (primary N) is 1. The molecule has 7 heteroatoms. The standard InChI is InChI=1S/C23H24N4O3/c1-25-22(29)20(21(24)27(23(25)30)13-16-7-3-2-4-8-16)19(28)15-26-12-11-17-9-5-6-10-18(17)14-26/h2-10H,11-15,24H2,1H3. The summed E-state index contributed by atoms with van der Waals surface area (Å²) in [4.78, 5) is 40.5. The van der Waals surface area contributed by atoms with Crippen molar-refractivity contribution >= 4 is 11.6 Å². The topological polar surface area (TPSA) is 90.3 Å². The van der Waals surface area contributed by atoms with Gasteiger partial charge in [0, 0.05) is 20.1 Å². The van der Waals surface area contributed by atoms with E-state index in [9.17, 15) is 14.4 Å². The highest BCUT2D eigenvalue weighted by atomic mass is 16.2. The first-order valence-electron chi connectivity index (χ1n) is 9.91. The monoisotopic (exact) mass is 404 g/mol. The van der Waals surface area contributed by atoms with Crippen molar-refractivity contribution in [2.24, 2.45) is 7.05 Å². The third-order valence-electron chi connectivity index (χ3n) is 5.62. The number of nitrogen functional groups attached to an aromatic ring is 1. The summed E-state index contributed by atoms with van der Waals surface area (Å²) in [6, 6.07) is 17.5. The summed E-state index contributed by atoms with van der Waals surface area (Å²) in [6.45, 7) is 1.65. The Morgan fingerprint density at radius 1 is 1.00 bits per heavy atom. The average molecular weight is 404 g/mol. The van der Waals surface area contributed by atoms with E-state index >= 15 is 0 Å². The van der Waals surface area contributed by atoms with Crippen molar-refractivity contribution in [3.8, 4) is 0 Å². The van der Waals surface area contributed by atoms with Crippen LogP contribution < -0.4 is 17.0 Å². The molecule has 0 saturated carbocycles. The summed E-state index contributed by atoms with van der Waals surface area (Å²) < 4.78 is 2.24. The molecule has 0 amide bonds. The zero-order valence-electron chi connectivity index (χ0n) is 16.9. The Morgan fingerprint density at radius 3 is 2.40 bits per heavy atom. The van der Waals surface area contributed by atoms with Crippen molar-refractivity contribution in [1.82, 2.24) is 14.0 Å². The molecule has 0 aliphatic carbocycles. The molecule has 0 fully saturated rings. The minimum absolute atomic E-state index is 0.0747. The number of hydrogen-bond acceptors (Lipinski definition) is 5. The van der Waals surface area contributed by atoms with Crippen LogP contribution in [-0.4, -0.2) is 32.9 Å². The summed E-state index contributed by atoms with van der Waals surface area (Å²) >= 11 is 0. The first kappa shape index (κ1) is 19.8. The van der Waals surface area contributed by atoms with Crippen LogP contribution in [0.25, 0.3) is 0 Å². The largest absolute Gasteiger partial charge is 0.384 e. The van der Waals surface area contributed by atoms with E-state index < -0.39 is 11.2 Å². The van der Waals surface area contributed by atoms with Gasteiger partial charge in [0.05, 0.1) is 13.1 Å². The second-order valence-corrected chi connectivity index (χ2v) is 7.63. The molecule has 0 atom stereocenters. The Kier molecular flexibility index (Phi) is 5.37. The van der Waals surface area contributed by atoms with Crippen LogP contribution in [0.5, 0.6) is 0 Å². The fourth-order valence-electron chi connectivity index (χ4n) is 3.94. The van der Waals surface area contributed by atoms with Gasteiger partial charge in [0.15, 0.2) is 5.78 Å². The summed E-state index contributed by atoms with van der Waals surface area (Å²) in [5, 5.41) is 0. The molecular formula is C23H24N4O3. The van der Waals surface area contributed by atoms with Crippen molar-refractivity contribution < 1.29 is 4.79 Å². The number of hydrogen-bond donors (Lipinski definition) is 1. The number of benzene rings is 2. The van der Waals surface area contributed by atoms with Gasteiger partial charge in [-0.2, -0.15) is 0 Å². The highest BCUT2D eigenvalue weighted by Crippen LogP contribution is 2.19. The van der Waals surface area contributed by atoms with Crippen LogP contribution in [0.1, 0.15) is 27.0 Å². The highest BCUT2D eigenvalue weighted by Gasteiger charge is 2.25. The molecule has 1 aromatic heterocycles. The Bertz CT molecular complexity index is 1210. The quantitative estimate of drug-likeness (QED) is 0.650. The van der Waals surface area contributed by atoms with Crippen LogP contribution >= 0.6 is 0 Å². The first-order valence-corrected chi connectivity index (χ1v) is 9.91. The van der Waals surface area contributed by atoms with Crippen LogP contribution in [0.4, 0.5) is 5.82 Å². The fourth-order valence-corrected chi connectivity index (χ4v) is 3.94. The molecule has 30 heavy (non-hydrogen) atoms. The predicted octanol–water partition coefficient (Wildman–Crippen LogP) is 1.42. The van der Waals surface area contributed by atoms with Crippen LogP contribution in [0.3, 0.4) is 0 Å². The number of anilines is 1. The molecule has 0 radical (unpaired) electrons. The highest BCUT2D eigenvalue weighted by molar-refractivity contribution is 6.01. The lowest BCUT2D eigenvalue weighted by molar-refractivity contribution is 0.0919. The van der Waals surface area contributed by atoms with Crippen molar-refractivity contribution in [1.29, 1.82) is 0 Å². The number of carbonyl (C=O) groups excluding carboxylic acids is 1. The Hall–Kier alpha value is -3.45. The van der Waals surface area contributed by atoms with E-state index in [4.69, 9.17) is 5.73 Å². The van der Waals surface area contributed by atoms with E-state index in [-0.39, 0.29) is 30.3 Å². The average Bonchev–Trinajstić information content (AvgIpc) is 2.76. The Morgan fingerprint density at radius 2 is 1.67 bits per heavy atom. The molecule has 0 bridgehead atoms. The van der Waals surface area contributed by atoms with E-state index in [1.165, 1.54) is 22.7 Å². The minimum atomic E-state index is -0.649. The van der Waals surface area contributed by atoms with Crippen molar-refractivity contribution in [2.45, 2.75) is 19.5 Å². The zero-order chi connectivity index (χ0) is 21.3. The van der Waals surface area contributed by atoms with Gasteiger partial charge in [-0.1, -0.05) is 54.6 Å². The second kappa shape index (κ2) is 8.12. The van der Waals surface area contributed by atoms with Crippen LogP contribution in [-0.2, 0) is 26.6 Å². The minimum Gasteiger partial charge on any atom is -0.384 e. The molecule has 0 unspecified atom stereocenters.